The van der Waals surface area contributed by atoms with Gasteiger partial charge in [-0.25, -0.2) is 0 Å². The van der Waals surface area contributed by atoms with Crippen LogP contribution in [0.2, 0.25) is 5.02 Å². The predicted octanol–water partition coefficient (Wildman–Crippen LogP) is 6.19. The van der Waals surface area contributed by atoms with Crippen LogP contribution in [0.3, 0.4) is 0 Å². The number of benzene rings is 3. The second-order valence-electron chi connectivity index (χ2n) is 9.56. The summed E-state index contributed by atoms with van der Waals surface area (Å²) in [6, 6.07) is 17.9. The number of ketones is 1. The lowest BCUT2D eigenvalue weighted by Gasteiger charge is -2.27. The van der Waals surface area contributed by atoms with Crippen LogP contribution in [-0.2, 0) is 9.59 Å². The summed E-state index contributed by atoms with van der Waals surface area (Å²) in [7, 11) is 1.45. The van der Waals surface area contributed by atoms with Gasteiger partial charge in [-0.3, -0.25) is 14.5 Å². The highest BCUT2D eigenvalue weighted by Crippen LogP contribution is 2.45. The zero-order valence-electron chi connectivity index (χ0n) is 21.1. The number of nitrogens with zero attached hydrogens (tertiary/aromatic N) is 2. The molecule has 2 aliphatic rings. The lowest BCUT2D eigenvalue weighted by atomic mass is 9.92. The number of carbonyl (C=O) groups is 2. The maximum atomic E-state index is 13.6. The number of methoxy groups -OCH3 is 1. The standard InChI is InChI=1S/C30H29ClN2O4/c1-18-16-23(29(37-3)24(31)17-18)27(34)25-26(22-9-5-4-8-19(22)2)33(30(36)28(25)35)21-12-10-20(11-13-21)32-14-6-7-15-32/h4-5,8-13,16-17,26,34H,6-7,14-15H2,1-3H3/b27-25+. The maximum absolute atomic E-state index is 13.6. The fourth-order valence-corrected chi connectivity index (χ4v) is 5.69. The molecule has 0 radical (unpaired) electrons. The van der Waals surface area contributed by atoms with Gasteiger partial charge in [0.2, 0.25) is 0 Å². The Morgan fingerprint density at radius 2 is 1.62 bits per heavy atom. The number of aliphatic hydroxyl groups excluding tert-OH is 1. The van der Waals surface area contributed by atoms with Gasteiger partial charge in [0.05, 0.1) is 29.3 Å². The molecule has 3 aromatic rings. The molecule has 0 spiro atoms. The number of amides is 1. The average molecular weight is 517 g/mol. The van der Waals surface area contributed by atoms with Crippen LogP contribution in [0.25, 0.3) is 5.76 Å². The summed E-state index contributed by atoms with van der Waals surface area (Å²) in [5.41, 5.74) is 4.39. The van der Waals surface area contributed by atoms with Crippen LogP contribution in [0, 0.1) is 13.8 Å². The number of ether oxygens (including phenoxy) is 1. The molecular weight excluding hydrogens is 488 g/mol. The third-order valence-corrected chi connectivity index (χ3v) is 7.45. The van der Waals surface area contributed by atoms with E-state index >= 15 is 0 Å². The van der Waals surface area contributed by atoms with Crippen molar-refractivity contribution in [3.8, 4) is 5.75 Å². The molecule has 1 atom stereocenters. The largest absolute Gasteiger partial charge is 0.507 e. The Labute approximate surface area is 221 Å². The summed E-state index contributed by atoms with van der Waals surface area (Å²) in [5, 5.41) is 11.9. The minimum Gasteiger partial charge on any atom is -0.507 e. The van der Waals surface area contributed by atoms with E-state index in [0.29, 0.717) is 10.7 Å². The molecule has 0 bridgehead atoms. The number of rotatable bonds is 5. The molecule has 3 aromatic carbocycles. The fourth-order valence-electron chi connectivity index (χ4n) is 5.34. The Balaban J connectivity index is 1.69. The smallest absolute Gasteiger partial charge is 0.300 e. The minimum absolute atomic E-state index is 0.00267. The van der Waals surface area contributed by atoms with E-state index < -0.39 is 17.7 Å². The summed E-state index contributed by atoms with van der Waals surface area (Å²) < 4.78 is 5.47. The minimum atomic E-state index is -0.817. The number of Topliss-reactive ketones (excluding diaryl/α,β-unsaturated/α-hetero) is 1. The lowest BCUT2D eigenvalue weighted by molar-refractivity contribution is -0.132. The van der Waals surface area contributed by atoms with Crippen LogP contribution >= 0.6 is 11.6 Å². The van der Waals surface area contributed by atoms with E-state index in [0.717, 1.165) is 48.3 Å². The van der Waals surface area contributed by atoms with Gasteiger partial charge >= 0.3 is 0 Å². The monoisotopic (exact) mass is 516 g/mol. The Bertz CT molecular complexity index is 1410. The number of hydrogen-bond acceptors (Lipinski definition) is 5. The quantitative estimate of drug-likeness (QED) is 0.249. The second kappa shape index (κ2) is 9.94. The van der Waals surface area contributed by atoms with Crippen molar-refractivity contribution in [1.82, 2.24) is 0 Å². The molecule has 1 N–H and O–H groups in total. The van der Waals surface area contributed by atoms with Crippen molar-refractivity contribution in [2.75, 3.05) is 30.0 Å². The number of aliphatic hydroxyl groups is 1. The van der Waals surface area contributed by atoms with Gasteiger partial charge in [0.1, 0.15) is 11.5 Å². The van der Waals surface area contributed by atoms with E-state index in [2.05, 4.69) is 4.90 Å². The van der Waals surface area contributed by atoms with Gasteiger partial charge in [-0.1, -0.05) is 35.9 Å². The first-order valence-electron chi connectivity index (χ1n) is 12.4. The third kappa shape index (κ3) is 4.36. The molecule has 7 heteroatoms. The number of hydrogen-bond donors (Lipinski definition) is 1. The van der Waals surface area contributed by atoms with E-state index in [1.807, 2.05) is 62.4 Å². The van der Waals surface area contributed by atoms with Gasteiger partial charge in [0.25, 0.3) is 11.7 Å². The number of carbonyl (C=O) groups excluding carboxylic acids is 2. The van der Waals surface area contributed by atoms with Gasteiger partial charge in [0.15, 0.2) is 0 Å². The van der Waals surface area contributed by atoms with Gasteiger partial charge in [-0.2, -0.15) is 0 Å². The van der Waals surface area contributed by atoms with Crippen molar-refractivity contribution in [3.63, 3.8) is 0 Å². The second-order valence-corrected chi connectivity index (χ2v) is 9.97. The SMILES string of the molecule is COc1c(Cl)cc(C)cc1/C(O)=C1\C(=O)C(=O)N(c2ccc(N3CCCC3)cc2)C1c1ccccc1C. The highest BCUT2D eigenvalue weighted by molar-refractivity contribution is 6.51. The van der Waals surface area contributed by atoms with E-state index in [4.69, 9.17) is 16.3 Å². The van der Waals surface area contributed by atoms with Crippen LogP contribution in [-0.4, -0.2) is 37.0 Å². The number of aryl methyl sites for hydroxylation is 2. The van der Waals surface area contributed by atoms with Gasteiger partial charge in [-0.05, 0) is 79.8 Å². The molecule has 0 aliphatic carbocycles. The molecule has 6 nitrogen and oxygen atoms in total. The molecule has 1 amide bonds. The lowest BCUT2D eigenvalue weighted by Crippen LogP contribution is -2.29. The van der Waals surface area contributed by atoms with Gasteiger partial charge < -0.3 is 14.7 Å². The molecule has 0 aromatic heterocycles. The normalized spacial score (nSPS) is 19.1. The summed E-state index contributed by atoms with van der Waals surface area (Å²) in [4.78, 5) is 30.9. The molecule has 37 heavy (non-hydrogen) atoms. The number of anilines is 2. The molecule has 0 saturated carbocycles. The van der Waals surface area contributed by atoms with Crippen molar-refractivity contribution < 1.29 is 19.4 Å². The first-order valence-corrected chi connectivity index (χ1v) is 12.8. The summed E-state index contributed by atoms with van der Waals surface area (Å²) >= 11 is 6.40. The predicted molar refractivity (Wildman–Crippen MR) is 147 cm³/mol. The van der Waals surface area contributed by atoms with Crippen LogP contribution in [0.1, 0.15) is 41.1 Å². The van der Waals surface area contributed by atoms with E-state index in [1.54, 1.807) is 12.1 Å². The van der Waals surface area contributed by atoms with Crippen molar-refractivity contribution in [1.29, 1.82) is 0 Å². The Morgan fingerprint density at radius 3 is 2.27 bits per heavy atom. The highest BCUT2D eigenvalue weighted by atomic mass is 35.5. The van der Waals surface area contributed by atoms with Crippen LogP contribution < -0.4 is 14.5 Å². The van der Waals surface area contributed by atoms with E-state index in [-0.39, 0.29) is 22.6 Å². The zero-order valence-corrected chi connectivity index (χ0v) is 21.9. The average Bonchev–Trinajstić information content (AvgIpc) is 3.51. The van der Waals surface area contributed by atoms with Crippen LogP contribution in [0.15, 0.2) is 66.2 Å². The summed E-state index contributed by atoms with van der Waals surface area (Å²) in [6.07, 6.45) is 2.33. The zero-order chi connectivity index (χ0) is 26.3. The van der Waals surface area contributed by atoms with Crippen LogP contribution in [0.5, 0.6) is 5.75 Å². The summed E-state index contributed by atoms with van der Waals surface area (Å²) in [5.74, 6) is -1.52. The Hall–Kier alpha value is -3.77. The summed E-state index contributed by atoms with van der Waals surface area (Å²) in [6.45, 7) is 5.78. The van der Waals surface area contributed by atoms with Crippen molar-refractivity contribution in [3.05, 3.63) is 93.5 Å². The molecule has 1 unspecified atom stereocenters. The van der Waals surface area contributed by atoms with Crippen molar-refractivity contribution in [2.45, 2.75) is 32.7 Å². The highest BCUT2D eigenvalue weighted by Gasteiger charge is 2.47. The topological polar surface area (TPSA) is 70.1 Å². The van der Waals surface area contributed by atoms with Crippen molar-refractivity contribution >= 4 is 40.4 Å². The first kappa shape index (κ1) is 24.9. The van der Waals surface area contributed by atoms with Gasteiger partial charge in [0, 0.05) is 24.5 Å². The van der Waals surface area contributed by atoms with Gasteiger partial charge in [-0.15, -0.1) is 0 Å². The molecule has 190 valence electrons. The molecular formula is C30H29ClN2O4. The molecule has 2 saturated heterocycles. The van der Waals surface area contributed by atoms with E-state index in [9.17, 15) is 14.7 Å². The Morgan fingerprint density at radius 1 is 0.973 bits per heavy atom. The van der Waals surface area contributed by atoms with Crippen molar-refractivity contribution in [2.24, 2.45) is 0 Å². The molecule has 2 fully saturated rings. The fraction of sp³-hybridized carbons (Fsp3) is 0.267. The molecule has 5 rings (SSSR count). The first-order chi connectivity index (χ1) is 17.8. The number of halogens is 1. The van der Waals surface area contributed by atoms with Crippen LogP contribution in [0.4, 0.5) is 11.4 Å². The third-order valence-electron chi connectivity index (χ3n) is 7.17. The Kier molecular flexibility index (Phi) is 6.69. The maximum Gasteiger partial charge on any atom is 0.300 e. The molecule has 2 aliphatic heterocycles. The molecule has 2 heterocycles. The van der Waals surface area contributed by atoms with E-state index in [1.165, 1.54) is 12.0 Å².